The molecule has 27 heavy (non-hydrogen) atoms. The van der Waals surface area contributed by atoms with Crippen molar-refractivity contribution in [3.8, 4) is 22.1 Å². The zero-order valence-electron chi connectivity index (χ0n) is 15.1. The molecule has 2 heterocycles. The number of nitrogens with one attached hydrogen (secondary N) is 1. The number of pyridine rings is 1. The van der Waals surface area contributed by atoms with Crippen LogP contribution >= 0.6 is 11.3 Å². The number of aryl methyl sites for hydroxylation is 1. The lowest BCUT2D eigenvalue weighted by atomic mass is 10.2. The number of methoxy groups -OCH3 is 1. The maximum absolute atomic E-state index is 12.0. The van der Waals surface area contributed by atoms with Crippen molar-refractivity contribution in [3.05, 3.63) is 59.9 Å². The molecule has 3 rings (SSSR count). The highest BCUT2D eigenvalue weighted by molar-refractivity contribution is 7.13. The fourth-order valence-corrected chi connectivity index (χ4v) is 3.27. The van der Waals surface area contributed by atoms with Crippen LogP contribution in [0, 0.1) is 0 Å². The van der Waals surface area contributed by atoms with Crippen LogP contribution in [0.15, 0.2) is 54.2 Å². The van der Waals surface area contributed by atoms with E-state index in [-0.39, 0.29) is 5.91 Å². The summed E-state index contributed by atoms with van der Waals surface area (Å²) in [5.74, 6) is 1.52. The Morgan fingerprint density at radius 1 is 1.11 bits per heavy atom. The highest BCUT2D eigenvalue weighted by atomic mass is 32.1. The topological polar surface area (TPSA) is 73.3 Å². The molecule has 1 N–H and O–H groups in total. The fraction of sp³-hybridized carbons (Fsp3) is 0.250. The molecular formula is C20H21N3O3S. The predicted octanol–water partition coefficient (Wildman–Crippen LogP) is 3.34. The minimum absolute atomic E-state index is 0.00760. The quantitative estimate of drug-likeness (QED) is 0.574. The van der Waals surface area contributed by atoms with Crippen LogP contribution < -0.4 is 14.8 Å². The molecule has 0 saturated heterocycles. The van der Waals surface area contributed by atoms with Gasteiger partial charge in [0.05, 0.1) is 19.3 Å². The zero-order chi connectivity index (χ0) is 18.9. The second-order valence-electron chi connectivity index (χ2n) is 5.75. The fourth-order valence-electron chi connectivity index (χ4n) is 2.41. The third kappa shape index (κ3) is 5.79. The Morgan fingerprint density at radius 3 is 2.59 bits per heavy atom. The molecule has 1 amide bonds. The number of nitrogens with zero attached hydrogens (tertiary/aromatic N) is 2. The average Bonchev–Trinajstić information content (AvgIpc) is 3.20. The van der Waals surface area contributed by atoms with Crippen LogP contribution in [0.4, 0.5) is 0 Å². The number of carbonyl (C=O) groups is 1. The normalized spacial score (nSPS) is 10.4. The molecule has 0 aliphatic heterocycles. The largest absolute Gasteiger partial charge is 0.497 e. The average molecular weight is 383 g/mol. The van der Waals surface area contributed by atoms with Crippen molar-refractivity contribution in [2.75, 3.05) is 20.3 Å². The van der Waals surface area contributed by atoms with Gasteiger partial charge in [-0.05, 0) is 42.8 Å². The molecule has 0 atom stereocenters. The SMILES string of the molecule is COc1ccc(OCCNC(=O)CCc2csc(-c3ccncc3)n2)cc1. The Morgan fingerprint density at radius 2 is 1.85 bits per heavy atom. The number of rotatable bonds is 9. The van der Waals surface area contributed by atoms with E-state index in [1.54, 1.807) is 30.8 Å². The molecule has 0 bridgehead atoms. The number of ether oxygens (including phenoxy) is 2. The van der Waals surface area contributed by atoms with Gasteiger partial charge < -0.3 is 14.8 Å². The first-order chi connectivity index (χ1) is 13.2. The van der Waals surface area contributed by atoms with Crippen LogP contribution in [0.25, 0.3) is 10.6 Å². The molecule has 0 saturated carbocycles. The highest BCUT2D eigenvalue weighted by Gasteiger charge is 2.07. The first-order valence-corrected chi connectivity index (χ1v) is 9.51. The maximum atomic E-state index is 12.0. The van der Waals surface area contributed by atoms with Gasteiger partial charge in [-0.25, -0.2) is 4.98 Å². The Bertz CT molecular complexity index is 850. The number of aromatic nitrogens is 2. The summed E-state index contributed by atoms with van der Waals surface area (Å²) in [6.45, 7) is 0.880. The van der Waals surface area contributed by atoms with Gasteiger partial charge in [0.2, 0.25) is 5.91 Å². The molecule has 140 valence electrons. The minimum Gasteiger partial charge on any atom is -0.497 e. The summed E-state index contributed by atoms with van der Waals surface area (Å²) < 4.78 is 10.7. The molecule has 1 aromatic carbocycles. The molecule has 0 unspecified atom stereocenters. The summed E-state index contributed by atoms with van der Waals surface area (Å²) in [6, 6.07) is 11.2. The van der Waals surface area contributed by atoms with Crippen molar-refractivity contribution >= 4 is 17.2 Å². The van der Waals surface area contributed by atoms with Crippen LogP contribution in [0.1, 0.15) is 12.1 Å². The zero-order valence-corrected chi connectivity index (χ0v) is 15.9. The Hall–Kier alpha value is -2.93. The number of amides is 1. The second kappa shape index (κ2) is 9.68. The second-order valence-corrected chi connectivity index (χ2v) is 6.61. The van der Waals surface area contributed by atoms with Crippen LogP contribution in [-0.2, 0) is 11.2 Å². The summed E-state index contributed by atoms with van der Waals surface area (Å²) in [7, 11) is 1.62. The summed E-state index contributed by atoms with van der Waals surface area (Å²) >= 11 is 1.58. The Balaban J connectivity index is 1.35. The van der Waals surface area contributed by atoms with Crippen LogP contribution in [-0.4, -0.2) is 36.1 Å². The number of hydrogen-bond acceptors (Lipinski definition) is 6. The van der Waals surface area contributed by atoms with Crippen LogP contribution in [0.2, 0.25) is 0 Å². The van der Waals surface area contributed by atoms with E-state index >= 15 is 0 Å². The van der Waals surface area contributed by atoms with Crippen molar-refractivity contribution in [1.29, 1.82) is 0 Å². The molecular weight excluding hydrogens is 362 g/mol. The Labute approximate surface area is 162 Å². The maximum Gasteiger partial charge on any atom is 0.220 e. The summed E-state index contributed by atoms with van der Waals surface area (Å²) in [5.41, 5.74) is 1.97. The molecule has 6 nitrogen and oxygen atoms in total. The molecule has 0 radical (unpaired) electrons. The number of thiazole rings is 1. The summed E-state index contributed by atoms with van der Waals surface area (Å²) in [5, 5.41) is 5.80. The van der Waals surface area contributed by atoms with Gasteiger partial charge in [-0.15, -0.1) is 11.3 Å². The van der Waals surface area contributed by atoms with Crippen molar-refractivity contribution in [2.24, 2.45) is 0 Å². The van der Waals surface area contributed by atoms with Gasteiger partial charge in [-0.2, -0.15) is 0 Å². The third-order valence-corrected chi connectivity index (χ3v) is 4.78. The van der Waals surface area contributed by atoms with Gasteiger partial charge >= 0.3 is 0 Å². The van der Waals surface area contributed by atoms with Gasteiger partial charge in [0, 0.05) is 29.8 Å². The van der Waals surface area contributed by atoms with E-state index in [4.69, 9.17) is 9.47 Å². The van der Waals surface area contributed by atoms with E-state index in [0.717, 1.165) is 27.8 Å². The van der Waals surface area contributed by atoms with Crippen molar-refractivity contribution < 1.29 is 14.3 Å². The standard InChI is InChI=1S/C20H21N3O3S/c1-25-17-3-5-18(6-4-17)26-13-12-22-19(24)7-2-16-14-27-20(23-16)15-8-10-21-11-9-15/h3-6,8-11,14H,2,7,12-13H2,1H3,(H,22,24). The smallest absolute Gasteiger partial charge is 0.220 e. The first kappa shape index (κ1) is 18.8. The van der Waals surface area contributed by atoms with Crippen LogP contribution in [0.3, 0.4) is 0 Å². The molecule has 0 fully saturated rings. The van der Waals surface area contributed by atoms with E-state index in [2.05, 4.69) is 15.3 Å². The van der Waals surface area contributed by atoms with Crippen LogP contribution in [0.5, 0.6) is 11.5 Å². The lowest BCUT2D eigenvalue weighted by Crippen LogP contribution is -2.28. The van der Waals surface area contributed by atoms with Gasteiger partial charge in [0.1, 0.15) is 23.1 Å². The highest BCUT2D eigenvalue weighted by Crippen LogP contribution is 2.23. The molecule has 0 aliphatic carbocycles. The van der Waals surface area contributed by atoms with Gasteiger partial charge in [0.15, 0.2) is 0 Å². The summed E-state index contributed by atoms with van der Waals surface area (Å²) in [6.07, 6.45) is 4.52. The van der Waals surface area contributed by atoms with E-state index in [0.29, 0.717) is 26.0 Å². The number of benzene rings is 1. The van der Waals surface area contributed by atoms with E-state index < -0.39 is 0 Å². The third-order valence-electron chi connectivity index (χ3n) is 3.84. The van der Waals surface area contributed by atoms with Crippen molar-refractivity contribution in [1.82, 2.24) is 15.3 Å². The molecule has 0 spiro atoms. The minimum atomic E-state index is -0.00760. The van der Waals surface area contributed by atoms with E-state index in [1.165, 1.54) is 0 Å². The monoisotopic (exact) mass is 383 g/mol. The van der Waals surface area contributed by atoms with Crippen molar-refractivity contribution in [2.45, 2.75) is 12.8 Å². The van der Waals surface area contributed by atoms with Gasteiger partial charge in [-0.3, -0.25) is 9.78 Å². The van der Waals surface area contributed by atoms with Gasteiger partial charge in [0.25, 0.3) is 0 Å². The lowest BCUT2D eigenvalue weighted by Gasteiger charge is -2.08. The predicted molar refractivity (Wildman–Crippen MR) is 105 cm³/mol. The first-order valence-electron chi connectivity index (χ1n) is 8.63. The molecule has 7 heteroatoms. The number of carbonyl (C=O) groups excluding carboxylic acids is 1. The molecule has 0 aliphatic rings. The summed E-state index contributed by atoms with van der Waals surface area (Å²) in [4.78, 5) is 20.6. The molecule has 3 aromatic rings. The Kier molecular flexibility index (Phi) is 6.76. The van der Waals surface area contributed by atoms with Crippen molar-refractivity contribution in [3.63, 3.8) is 0 Å². The lowest BCUT2D eigenvalue weighted by molar-refractivity contribution is -0.121. The molecule has 2 aromatic heterocycles. The van der Waals surface area contributed by atoms with E-state index in [9.17, 15) is 4.79 Å². The van der Waals surface area contributed by atoms with Gasteiger partial charge in [-0.1, -0.05) is 0 Å². The van der Waals surface area contributed by atoms with E-state index in [1.807, 2.05) is 41.8 Å². The number of hydrogen-bond donors (Lipinski definition) is 1.